The van der Waals surface area contributed by atoms with Crippen molar-refractivity contribution < 1.29 is 4.74 Å². The summed E-state index contributed by atoms with van der Waals surface area (Å²) in [5.74, 6) is 1.67. The van der Waals surface area contributed by atoms with Crippen LogP contribution in [0.2, 0.25) is 0 Å². The summed E-state index contributed by atoms with van der Waals surface area (Å²) in [6.45, 7) is 10.6. The largest absolute Gasteiger partial charge is 0.375 e. The fraction of sp³-hybridized carbons (Fsp3) is 1.00. The van der Waals surface area contributed by atoms with Crippen molar-refractivity contribution in [2.45, 2.75) is 51.7 Å². The summed E-state index contributed by atoms with van der Waals surface area (Å²) in [5.41, 5.74) is 0. The molecule has 112 valence electrons. The van der Waals surface area contributed by atoms with Crippen LogP contribution in [0.4, 0.5) is 0 Å². The second-order valence-electron chi connectivity index (χ2n) is 6.49. The van der Waals surface area contributed by atoms with E-state index in [9.17, 15) is 0 Å². The summed E-state index contributed by atoms with van der Waals surface area (Å²) in [6.07, 6.45) is 5.83. The summed E-state index contributed by atoms with van der Waals surface area (Å²) < 4.78 is 6.30. The number of likely N-dealkylation sites (tertiary alicyclic amines) is 2. The van der Waals surface area contributed by atoms with Crippen LogP contribution in [0.3, 0.4) is 0 Å². The molecule has 2 fully saturated rings. The van der Waals surface area contributed by atoms with E-state index in [-0.39, 0.29) is 0 Å². The van der Waals surface area contributed by atoms with Crippen LogP contribution in [0, 0.1) is 5.92 Å². The van der Waals surface area contributed by atoms with Crippen molar-refractivity contribution in [3.8, 4) is 0 Å². The second-order valence-corrected chi connectivity index (χ2v) is 6.77. The van der Waals surface area contributed by atoms with Crippen molar-refractivity contribution in [1.82, 2.24) is 9.80 Å². The van der Waals surface area contributed by atoms with Gasteiger partial charge in [0.25, 0.3) is 0 Å². The number of nitrogens with zero attached hydrogens (tertiary/aromatic N) is 2. The monoisotopic (exact) mass is 286 g/mol. The number of piperidine rings is 2. The van der Waals surface area contributed by atoms with Crippen molar-refractivity contribution in [2.24, 2.45) is 5.92 Å². The Kier molecular flexibility index (Phi) is 6.46. The van der Waals surface area contributed by atoms with Crippen molar-refractivity contribution in [3.63, 3.8) is 0 Å². The highest BCUT2D eigenvalue weighted by molar-refractivity contribution is 7.80. The number of hydrogen-bond acceptors (Lipinski definition) is 4. The Balaban J connectivity index is 1.63. The van der Waals surface area contributed by atoms with Crippen LogP contribution >= 0.6 is 12.6 Å². The zero-order chi connectivity index (χ0) is 13.7. The first-order chi connectivity index (χ1) is 9.17. The molecule has 0 unspecified atom stereocenters. The molecule has 0 bridgehead atoms. The molecule has 2 rings (SSSR count). The van der Waals surface area contributed by atoms with Crippen molar-refractivity contribution in [3.05, 3.63) is 0 Å². The normalized spacial score (nSPS) is 25.3. The lowest BCUT2D eigenvalue weighted by molar-refractivity contribution is -0.0640. The predicted molar refractivity (Wildman–Crippen MR) is 83.8 cm³/mol. The Hall–Kier alpha value is 0.230. The first-order valence-electron chi connectivity index (χ1n) is 7.88. The van der Waals surface area contributed by atoms with E-state index in [0.717, 1.165) is 24.9 Å². The lowest BCUT2D eigenvalue weighted by Gasteiger charge is -2.37. The van der Waals surface area contributed by atoms with Gasteiger partial charge in [0.1, 0.15) is 0 Å². The third-order valence-corrected chi connectivity index (χ3v) is 4.68. The average Bonchev–Trinajstić information content (AvgIpc) is 2.41. The van der Waals surface area contributed by atoms with Crippen LogP contribution in [0.1, 0.15) is 39.5 Å². The van der Waals surface area contributed by atoms with Gasteiger partial charge in [-0.2, -0.15) is 12.6 Å². The van der Waals surface area contributed by atoms with Crippen LogP contribution in [0.25, 0.3) is 0 Å². The third kappa shape index (κ3) is 5.25. The molecule has 3 nitrogen and oxygen atoms in total. The Morgan fingerprint density at radius 2 is 1.42 bits per heavy atom. The summed E-state index contributed by atoms with van der Waals surface area (Å²) in [7, 11) is 0. The number of ether oxygens (including phenoxy) is 1. The van der Waals surface area contributed by atoms with E-state index in [1.165, 1.54) is 45.3 Å². The maximum Gasteiger partial charge on any atom is 0.0603 e. The molecule has 0 spiro atoms. The molecule has 2 aliphatic rings. The molecule has 0 aliphatic carbocycles. The smallest absolute Gasteiger partial charge is 0.0603 e. The van der Waals surface area contributed by atoms with Crippen LogP contribution < -0.4 is 0 Å². The van der Waals surface area contributed by atoms with Gasteiger partial charge in [0.2, 0.25) is 0 Å². The van der Waals surface area contributed by atoms with E-state index in [0.29, 0.717) is 12.2 Å². The topological polar surface area (TPSA) is 15.7 Å². The molecule has 0 saturated carbocycles. The Labute approximate surface area is 124 Å². The van der Waals surface area contributed by atoms with Gasteiger partial charge >= 0.3 is 0 Å². The SMILES string of the molecule is CC(C)CN1CCC(OC2CCN(CS)CC2)CC1. The molecular formula is C15H30N2OS. The quantitative estimate of drug-likeness (QED) is 0.782. The first-order valence-corrected chi connectivity index (χ1v) is 8.51. The number of rotatable bonds is 5. The lowest BCUT2D eigenvalue weighted by atomic mass is 10.0. The van der Waals surface area contributed by atoms with Gasteiger partial charge < -0.3 is 9.64 Å². The molecule has 0 aromatic rings. The zero-order valence-corrected chi connectivity index (χ0v) is 13.4. The molecule has 0 aromatic carbocycles. The zero-order valence-electron chi connectivity index (χ0n) is 12.6. The summed E-state index contributed by atoms with van der Waals surface area (Å²) in [5, 5.41) is 0. The van der Waals surface area contributed by atoms with Gasteiger partial charge in [0, 0.05) is 38.6 Å². The standard InChI is InChI=1S/C15H30N2OS/c1-13(2)11-16-7-3-14(4-8-16)18-15-5-9-17(12-19)10-6-15/h13-15,19H,3-12H2,1-2H3. The Bertz CT molecular complexity index is 247. The van der Waals surface area contributed by atoms with Gasteiger partial charge in [-0.3, -0.25) is 4.90 Å². The maximum atomic E-state index is 6.30. The maximum absolute atomic E-state index is 6.30. The minimum absolute atomic E-state index is 0.498. The summed E-state index contributed by atoms with van der Waals surface area (Å²) in [4.78, 5) is 4.99. The molecule has 4 heteroatoms. The van der Waals surface area contributed by atoms with E-state index < -0.39 is 0 Å². The van der Waals surface area contributed by atoms with Crippen molar-refractivity contribution >= 4 is 12.6 Å². The van der Waals surface area contributed by atoms with Crippen LogP contribution in [-0.2, 0) is 4.74 Å². The highest BCUT2D eigenvalue weighted by Gasteiger charge is 2.25. The van der Waals surface area contributed by atoms with E-state index in [1.54, 1.807) is 0 Å². The minimum Gasteiger partial charge on any atom is -0.375 e. The van der Waals surface area contributed by atoms with Crippen molar-refractivity contribution in [2.75, 3.05) is 38.6 Å². The van der Waals surface area contributed by atoms with Crippen LogP contribution in [0.5, 0.6) is 0 Å². The highest BCUT2D eigenvalue weighted by atomic mass is 32.1. The molecular weight excluding hydrogens is 256 g/mol. The molecule has 2 aliphatic heterocycles. The van der Waals surface area contributed by atoms with E-state index in [4.69, 9.17) is 4.74 Å². The molecule has 2 saturated heterocycles. The molecule has 0 amide bonds. The van der Waals surface area contributed by atoms with Gasteiger partial charge in [-0.15, -0.1) is 0 Å². The van der Waals surface area contributed by atoms with E-state index in [2.05, 4.69) is 36.3 Å². The second kappa shape index (κ2) is 7.87. The van der Waals surface area contributed by atoms with Crippen LogP contribution in [-0.4, -0.2) is 60.6 Å². The first kappa shape index (κ1) is 15.6. The molecule has 2 heterocycles. The minimum atomic E-state index is 0.498. The predicted octanol–water partition coefficient (Wildman–Crippen LogP) is 2.48. The molecule has 19 heavy (non-hydrogen) atoms. The third-order valence-electron chi connectivity index (χ3n) is 4.28. The van der Waals surface area contributed by atoms with E-state index >= 15 is 0 Å². The number of thiol groups is 1. The van der Waals surface area contributed by atoms with Gasteiger partial charge in [-0.25, -0.2) is 0 Å². The number of hydrogen-bond donors (Lipinski definition) is 1. The van der Waals surface area contributed by atoms with Gasteiger partial charge in [-0.1, -0.05) is 13.8 Å². The van der Waals surface area contributed by atoms with Crippen molar-refractivity contribution in [1.29, 1.82) is 0 Å². The van der Waals surface area contributed by atoms with Gasteiger partial charge in [0.05, 0.1) is 12.2 Å². The lowest BCUT2D eigenvalue weighted by Crippen LogP contribution is -2.42. The molecule has 0 N–H and O–H groups in total. The van der Waals surface area contributed by atoms with Gasteiger partial charge in [-0.05, 0) is 31.6 Å². The van der Waals surface area contributed by atoms with Crippen LogP contribution in [0.15, 0.2) is 0 Å². The fourth-order valence-corrected chi connectivity index (χ4v) is 3.49. The molecule has 0 aromatic heterocycles. The molecule has 0 radical (unpaired) electrons. The highest BCUT2D eigenvalue weighted by Crippen LogP contribution is 2.21. The Morgan fingerprint density at radius 1 is 0.947 bits per heavy atom. The average molecular weight is 286 g/mol. The summed E-state index contributed by atoms with van der Waals surface area (Å²) >= 11 is 4.34. The fourth-order valence-electron chi connectivity index (χ4n) is 3.20. The van der Waals surface area contributed by atoms with E-state index in [1.807, 2.05) is 0 Å². The Morgan fingerprint density at radius 3 is 1.84 bits per heavy atom. The van der Waals surface area contributed by atoms with Gasteiger partial charge in [0.15, 0.2) is 0 Å². The molecule has 0 atom stereocenters. The summed E-state index contributed by atoms with van der Waals surface area (Å²) in [6, 6.07) is 0.